The Morgan fingerprint density at radius 3 is 2.45 bits per heavy atom. The van der Waals surface area contributed by atoms with E-state index < -0.39 is 0 Å². The van der Waals surface area contributed by atoms with E-state index in [9.17, 15) is 4.79 Å². The number of benzene rings is 1. The SMILES string of the molecule is Cc1ccccc1NC(=O)Nc1cnc(N2CCCC2)nc1. The van der Waals surface area contributed by atoms with Gasteiger partial charge in [0.1, 0.15) is 0 Å². The molecule has 22 heavy (non-hydrogen) atoms. The first-order valence-electron chi connectivity index (χ1n) is 7.43. The molecule has 114 valence electrons. The Labute approximate surface area is 129 Å². The highest BCUT2D eigenvalue weighted by atomic mass is 16.2. The van der Waals surface area contributed by atoms with Crippen LogP contribution in [0.3, 0.4) is 0 Å². The lowest BCUT2D eigenvalue weighted by atomic mass is 10.2. The van der Waals surface area contributed by atoms with E-state index in [1.54, 1.807) is 12.4 Å². The summed E-state index contributed by atoms with van der Waals surface area (Å²) in [4.78, 5) is 22.8. The Hall–Kier alpha value is -2.63. The van der Waals surface area contributed by atoms with Crippen molar-refractivity contribution in [3.8, 4) is 0 Å². The van der Waals surface area contributed by atoms with Crippen LogP contribution in [0.4, 0.5) is 22.1 Å². The van der Waals surface area contributed by atoms with E-state index >= 15 is 0 Å². The second kappa shape index (κ2) is 6.43. The molecule has 2 N–H and O–H groups in total. The van der Waals surface area contributed by atoms with Crippen molar-refractivity contribution in [3.63, 3.8) is 0 Å². The second-order valence-electron chi connectivity index (χ2n) is 5.36. The maximum Gasteiger partial charge on any atom is 0.323 e. The Morgan fingerprint density at radius 1 is 1.09 bits per heavy atom. The third-order valence-corrected chi connectivity index (χ3v) is 3.68. The summed E-state index contributed by atoms with van der Waals surface area (Å²) >= 11 is 0. The van der Waals surface area contributed by atoms with Crippen molar-refractivity contribution < 1.29 is 4.79 Å². The molecule has 1 aliphatic heterocycles. The van der Waals surface area contributed by atoms with Crippen LogP contribution < -0.4 is 15.5 Å². The summed E-state index contributed by atoms with van der Waals surface area (Å²) in [5.74, 6) is 0.724. The quantitative estimate of drug-likeness (QED) is 0.913. The number of carbonyl (C=O) groups excluding carboxylic acids is 1. The summed E-state index contributed by atoms with van der Waals surface area (Å²) in [6.45, 7) is 3.95. The number of hydrogen-bond acceptors (Lipinski definition) is 4. The minimum atomic E-state index is -0.299. The molecular weight excluding hydrogens is 278 g/mol. The largest absolute Gasteiger partial charge is 0.341 e. The van der Waals surface area contributed by atoms with Gasteiger partial charge in [-0.25, -0.2) is 14.8 Å². The first-order valence-corrected chi connectivity index (χ1v) is 7.43. The molecule has 0 radical (unpaired) electrons. The Morgan fingerprint density at radius 2 is 1.77 bits per heavy atom. The van der Waals surface area contributed by atoms with Gasteiger partial charge in [0.15, 0.2) is 0 Å². The summed E-state index contributed by atoms with van der Waals surface area (Å²) < 4.78 is 0. The number of nitrogens with one attached hydrogen (secondary N) is 2. The van der Waals surface area contributed by atoms with Crippen LogP contribution in [0.5, 0.6) is 0 Å². The molecule has 2 amide bonds. The number of aromatic nitrogens is 2. The Balaban J connectivity index is 1.60. The summed E-state index contributed by atoms with van der Waals surface area (Å²) in [6.07, 6.45) is 5.64. The van der Waals surface area contributed by atoms with Gasteiger partial charge in [0.05, 0.1) is 18.1 Å². The highest BCUT2D eigenvalue weighted by Crippen LogP contribution is 2.17. The van der Waals surface area contributed by atoms with Gasteiger partial charge in [0.2, 0.25) is 5.95 Å². The maximum absolute atomic E-state index is 12.0. The number of hydrogen-bond donors (Lipinski definition) is 2. The van der Waals surface area contributed by atoms with Crippen LogP contribution >= 0.6 is 0 Å². The molecule has 0 aliphatic carbocycles. The van der Waals surface area contributed by atoms with Crippen molar-refractivity contribution in [1.29, 1.82) is 0 Å². The summed E-state index contributed by atoms with van der Waals surface area (Å²) in [5.41, 5.74) is 2.38. The van der Waals surface area contributed by atoms with Crippen molar-refractivity contribution in [3.05, 3.63) is 42.2 Å². The molecular formula is C16H19N5O. The number of aryl methyl sites for hydroxylation is 1. The molecule has 0 spiro atoms. The van der Waals surface area contributed by atoms with Crippen molar-refractivity contribution in [2.45, 2.75) is 19.8 Å². The molecule has 1 fully saturated rings. The van der Waals surface area contributed by atoms with E-state index in [0.717, 1.165) is 30.3 Å². The van der Waals surface area contributed by atoms with Gasteiger partial charge >= 0.3 is 6.03 Å². The van der Waals surface area contributed by atoms with Crippen LogP contribution in [-0.4, -0.2) is 29.1 Å². The maximum atomic E-state index is 12.0. The number of amides is 2. The fourth-order valence-corrected chi connectivity index (χ4v) is 2.46. The van der Waals surface area contributed by atoms with Gasteiger partial charge in [0.25, 0.3) is 0 Å². The normalized spacial score (nSPS) is 14.0. The zero-order valence-electron chi connectivity index (χ0n) is 12.5. The fraction of sp³-hybridized carbons (Fsp3) is 0.312. The monoisotopic (exact) mass is 297 g/mol. The first kappa shape index (κ1) is 14.3. The van der Waals surface area contributed by atoms with E-state index in [4.69, 9.17) is 0 Å². The van der Waals surface area contributed by atoms with Gasteiger partial charge in [0, 0.05) is 18.8 Å². The zero-order valence-corrected chi connectivity index (χ0v) is 12.5. The third kappa shape index (κ3) is 3.33. The zero-order chi connectivity index (χ0) is 15.4. The number of urea groups is 1. The summed E-state index contributed by atoms with van der Waals surface area (Å²) in [7, 11) is 0. The van der Waals surface area contributed by atoms with Gasteiger partial charge in [-0.3, -0.25) is 0 Å². The van der Waals surface area contributed by atoms with Crippen molar-refractivity contribution in [1.82, 2.24) is 9.97 Å². The average molecular weight is 297 g/mol. The minimum Gasteiger partial charge on any atom is -0.341 e. The first-order chi connectivity index (χ1) is 10.7. The average Bonchev–Trinajstić information content (AvgIpc) is 3.05. The van der Waals surface area contributed by atoms with E-state index in [2.05, 4.69) is 25.5 Å². The number of carbonyl (C=O) groups is 1. The number of rotatable bonds is 3. The predicted octanol–water partition coefficient (Wildman–Crippen LogP) is 3.03. The lowest BCUT2D eigenvalue weighted by molar-refractivity contribution is 0.262. The van der Waals surface area contributed by atoms with E-state index in [-0.39, 0.29) is 6.03 Å². The van der Waals surface area contributed by atoms with Crippen LogP contribution in [0.15, 0.2) is 36.7 Å². The number of para-hydroxylation sites is 1. The predicted molar refractivity (Wildman–Crippen MR) is 87.3 cm³/mol. The van der Waals surface area contributed by atoms with Gasteiger partial charge in [-0.05, 0) is 31.4 Å². The molecule has 1 saturated heterocycles. The third-order valence-electron chi connectivity index (χ3n) is 3.68. The van der Waals surface area contributed by atoms with Gasteiger partial charge in [-0.1, -0.05) is 18.2 Å². The Bertz CT molecular complexity index is 650. The van der Waals surface area contributed by atoms with Gasteiger partial charge in [-0.2, -0.15) is 0 Å². The van der Waals surface area contributed by atoms with E-state index in [1.165, 1.54) is 12.8 Å². The highest BCUT2D eigenvalue weighted by molar-refractivity contribution is 6.00. The molecule has 2 aromatic rings. The lowest BCUT2D eigenvalue weighted by Crippen LogP contribution is -2.22. The van der Waals surface area contributed by atoms with Crippen molar-refractivity contribution in [2.75, 3.05) is 28.6 Å². The summed E-state index contributed by atoms with van der Waals surface area (Å²) in [5, 5.41) is 5.55. The Kier molecular flexibility index (Phi) is 4.18. The minimum absolute atomic E-state index is 0.299. The second-order valence-corrected chi connectivity index (χ2v) is 5.36. The van der Waals surface area contributed by atoms with Crippen LogP contribution in [0.2, 0.25) is 0 Å². The molecule has 1 aromatic carbocycles. The van der Waals surface area contributed by atoms with E-state index in [1.807, 2.05) is 31.2 Å². The lowest BCUT2D eigenvalue weighted by Gasteiger charge is -2.15. The van der Waals surface area contributed by atoms with Gasteiger partial charge < -0.3 is 15.5 Å². The molecule has 3 rings (SSSR count). The highest BCUT2D eigenvalue weighted by Gasteiger charge is 2.14. The molecule has 6 heteroatoms. The number of anilines is 3. The molecule has 1 aromatic heterocycles. The smallest absolute Gasteiger partial charge is 0.323 e. The molecule has 0 unspecified atom stereocenters. The molecule has 0 bridgehead atoms. The fourth-order valence-electron chi connectivity index (χ4n) is 2.46. The van der Waals surface area contributed by atoms with Crippen molar-refractivity contribution in [2.24, 2.45) is 0 Å². The summed E-state index contributed by atoms with van der Waals surface area (Å²) in [6, 6.07) is 7.33. The van der Waals surface area contributed by atoms with Crippen LogP contribution in [0.1, 0.15) is 18.4 Å². The number of nitrogens with zero attached hydrogens (tertiary/aromatic N) is 3. The molecule has 2 heterocycles. The van der Waals surface area contributed by atoms with Crippen LogP contribution in [0, 0.1) is 6.92 Å². The van der Waals surface area contributed by atoms with Crippen LogP contribution in [0.25, 0.3) is 0 Å². The van der Waals surface area contributed by atoms with Crippen LogP contribution in [-0.2, 0) is 0 Å². The topological polar surface area (TPSA) is 70.2 Å². The van der Waals surface area contributed by atoms with E-state index in [0.29, 0.717) is 5.69 Å². The standard InChI is InChI=1S/C16H19N5O/c1-12-6-2-3-7-14(12)20-16(22)19-13-10-17-15(18-11-13)21-8-4-5-9-21/h2-3,6-7,10-11H,4-5,8-9H2,1H3,(H2,19,20,22). The molecule has 0 saturated carbocycles. The molecule has 1 aliphatic rings. The molecule has 6 nitrogen and oxygen atoms in total. The molecule has 0 atom stereocenters. The van der Waals surface area contributed by atoms with Gasteiger partial charge in [-0.15, -0.1) is 0 Å². The van der Waals surface area contributed by atoms with Crippen molar-refractivity contribution >= 4 is 23.4 Å².